The maximum atomic E-state index is 12.2. The molecule has 0 bridgehead atoms. The maximum absolute atomic E-state index is 12.2. The highest BCUT2D eigenvalue weighted by molar-refractivity contribution is 7.41. The molecule has 5 heteroatoms. The molecule has 0 saturated heterocycles. The third-order valence-corrected chi connectivity index (χ3v) is 5.25. The molecule has 1 aromatic rings. The van der Waals surface area contributed by atoms with Gasteiger partial charge in [-0.25, -0.2) is 0 Å². The largest absolute Gasteiger partial charge is 0.823 e. The van der Waals surface area contributed by atoms with E-state index in [9.17, 15) is 5.11 Å². The number of rotatable bonds is 2. The summed E-state index contributed by atoms with van der Waals surface area (Å²) in [6.07, 6.45) is 5.95. The Hall–Kier alpha value is 0.220. The third kappa shape index (κ3) is 3.62. The van der Waals surface area contributed by atoms with Crippen molar-refractivity contribution >= 4 is 48.5 Å². The molecule has 98 valence electrons. The highest BCUT2D eigenvalue weighted by Crippen LogP contribution is 2.33. The first-order valence-electron chi connectivity index (χ1n) is 5.97. The van der Waals surface area contributed by atoms with Gasteiger partial charge >= 0.3 is 0 Å². The van der Waals surface area contributed by atoms with Crippen LogP contribution in [-0.4, -0.2) is 11.1 Å². The lowest BCUT2D eigenvalue weighted by atomic mass is 10.0. The zero-order valence-corrected chi connectivity index (χ0v) is 12.9. The molecule has 0 atom stereocenters. The van der Waals surface area contributed by atoms with Gasteiger partial charge in [0.25, 0.3) is 0 Å². The van der Waals surface area contributed by atoms with Crippen molar-refractivity contribution in [2.75, 3.05) is 0 Å². The molecule has 18 heavy (non-hydrogen) atoms. The van der Waals surface area contributed by atoms with Crippen molar-refractivity contribution in [2.45, 2.75) is 37.8 Å². The van der Waals surface area contributed by atoms with Crippen LogP contribution in [0.25, 0.3) is 0 Å². The van der Waals surface area contributed by atoms with Crippen LogP contribution in [0.15, 0.2) is 12.1 Å². The van der Waals surface area contributed by atoms with Crippen LogP contribution in [0.4, 0.5) is 0 Å². The van der Waals surface area contributed by atoms with Crippen molar-refractivity contribution in [3.05, 3.63) is 32.8 Å². The van der Waals surface area contributed by atoms with Crippen LogP contribution < -0.4 is 5.11 Å². The molecule has 0 heterocycles. The smallest absolute Gasteiger partial charge is 0.0501 e. The number of hydrogen-bond acceptors (Lipinski definition) is 1. The molecular formula is C13H13Cl3OP-. The Morgan fingerprint density at radius 1 is 1.06 bits per heavy atom. The van der Waals surface area contributed by atoms with E-state index in [0.717, 1.165) is 21.0 Å². The fourth-order valence-electron chi connectivity index (χ4n) is 2.19. The molecule has 0 amide bonds. The van der Waals surface area contributed by atoms with E-state index in [1.165, 1.54) is 19.3 Å². The Kier molecular flexibility index (Phi) is 5.35. The second-order valence-corrected chi connectivity index (χ2v) is 7.12. The lowest BCUT2D eigenvalue weighted by molar-refractivity contribution is -0.207. The maximum Gasteiger partial charge on any atom is 0.0501 e. The lowest BCUT2D eigenvalue weighted by Crippen LogP contribution is -2.19. The Labute approximate surface area is 124 Å². The standard InChI is InChI=1S/C13H14Cl3OP/c14-8-6-10(15)12(11(16)7-8)13(17)18-9-4-2-1-3-5-9/h6-7,9,17H,1-5H2/p-1. The van der Waals surface area contributed by atoms with Gasteiger partial charge in [0.1, 0.15) is 0 Å². The summed E-state index contributed by atoms with van der Waals surface area (Å²) >= 11 is 17.9. The summed E-state index contributed by atoms with van der Waals surface area (Å²) in [5, 5.41) is 13.4. The van der Waals surface area contributed by atoms with Crippen LogP contribution in [0.3, 0.4) is 0 Å². The van der Waals surface area contributed by atoms with Gasteiger partial charge in [0.05, 0.1) is 10.0 Å². The molecule has 0 spiro atoms. The Morgan fingerprint density at radius 2 is 1.61 bits per heavy atom. The normalized spacial score (nSPS) is 18.1. The highest BCUT2D eigenvalue weighted by atomic mass is 35.5. The van der Waals surface area contributed by atoms with E-state index in [2.05, 4.69) is 0 Å². The first kappa shape index (κ1) is 14.6. The quantitative estimate of drug-likeness (QED) is 0.720. The average Bonchev–Trinajstić information content (AvgIpc) is 2.28. The molecule has 0 N–H and O–H groups in total. The van der Waals surface area contributed by atoms with Crippen molar-refractivity contribution in [2.24, 2.45) is 0 Å². The third-order valence-electron chi connectivity index (χ3n) is 3.10. The van der Waals surface area contributed by atoms with Crippen LogP contribution in [0.1, 0.15) is 37.7 Å². The zero-order chi connectivity index (χ0) is 13.1. The van der Waals surface area contributed by atoms with Gasteiger partial charge in [0, 0.05) is 10.6 Å². The highest BCUT2D eigenvalue weighted by Gasteiger charge is 2.13. The second kappa shape index (κ2) is 6.59. The fourth-order valence-corrected chi connectivity index (χ4v) is 4.63. The fraction of sp³-hybridized carbons (Fsp3) is 0.462. The van der Waals surface area contributed by atoms with E-state index < -0.39 is 0 Å². The number of benzene rings is 1. The van der Waals surface area contributed by atoms with Gasteiger partial charge in [0.15, 0.2) is 0 Å². The molecule has 2 rings (SSSR count). The van der Waals surface area contributed by atoms with Gasteiger partial charge in [-0.15, -0.1) is 13.7 Å². The van der Waals surface area contributed by atoms with Crippen LogP contribution in [-0.2, 0) is 0 Å². The van der Waals surface area contributed by atoms with Gasteiger partial charge in [0.2, 0.25) is 0 Å². The molecule has 1 nitrogen and oxygen atoms in total. The van der Waals surface area contributed by atoms with Gasteiger partial charge in [-0.2, -0.15) is 0 Å². The van der Waals surface area contributed by atoms with Crippen LogP contribution in [0.2, 0.25) is 15.1 Å². The molecule has 0 aliphatic heterocycles. The van der Waals surface area contributed by atoms with E-state index in [4.69, 9.17) is 34.8 Å². The first-order valence-corrected chi connectivity index (χ1v) is 8.07. The average molecular weight is 323 g/mol. The van der Waals surface area contributed by atoms with Crippen LogP contribution >= 0.6 is 43.0 Å². The molecular weight excluding hydrogens is 309 g/mol. The summed E-state index contributed by atoms with van der Waals surface area (Å²) in [5.74, 6) is 0. The molecule has 1 saturated carbocycles. The van der Waals surface area contributed by atoms with E-state index in [1.807, 2.05) is 0 Å². The Morgan fingerprint density at radius 3 is 2.17 bits per heavy atom. The zero-order valence-electron chi connectivity index (χ0n) is 9.76. The molecule has 1 aliphatic carbocycles. The van der Waals surface area contributed by atoms with Crippen molar-refractivity contribution in [3.8, 4) is 0 Å². The summed E-state index contributed by atoms with van der Waals surface area (Å²) in [4.78, 5) is 0. The molecule has 1 aliphatic rings. The predicted octanol–water partition coefficient (Wildman–Crippen LogP) is 4.76. The van der Waals surface area contributed by atoms with Crippen molar-refractivity contribution in [1.29, 1.82) is 0 Å². The van der Waals surface area contributed by atoms with Gasteiger partial charge in [-0.05, 0) is 30.6 Å². The van der Waals surface area contributed by atoms with E-state index in [1.54, 1.807) is 12.1 Å². The first-order chi connectivity index (χ1) is 8.58. The molecule has 1 aromatic carbocycles. The van der Waals surface area contributed by atoms with E-state index in [0.29, 0.717) is 26.3 Å². The van der Waals surface area contributed by atoms with Gasteiger partial charge in [-0.3, -0.25) is 0 Å². The minimum atomic E-state index is 0.00793. The van der Waals surface area contributed by atoms with Crippen molar-refractivity contribution in [3.63, 3.8) is 0 Å². The minimum absolute atomic E-state index is 0.00793. The number of hydrogen-bond donors (Lipinski definition) is 0. The topological polar surface area (TPSA) is 23.1 Å². The van der Waals surface area contributed by atoms with Crippen LogP contribution in [0, 0.1) is 0 Å². The Balaban J connectivity index is 2.27. The summed E-state index contributed by atoms with van der Waals surface area (Å²) in [5.41, 5.74) is 0.873. The summed E-state index contributed by atoms with van der Waals surface area (Å²) in [6.45, 7) is 0. The Bertz CT molecular complexity index is 444. The lowest BCUT2D eigenvalue weighted by Gasteiger charge is -2.22. The van der Waals surface area contributed by atoms with Crippen LogP contribution in [0.5, 0.6) is 0 Å². The van der Waals surface area contributed by atoms with E-state index in [-0.39, 0.29) is 5.48 Å². The predicted molar refractivity (Wildman–Crippen MR) is 79.4 cm³/mol. The minimum Gasteiger partial charge on any atom is -0.823 e. The second-order valence-electron chi connectivity index (χ2n) is 4.47. The summed E-state index contributed by atoms with van der Waals surface area (Å²) < 4.78 is 0. The number of halogens is 3. The summed E-state index contributed by atoms with van der Waals surface area (Å²) in [7, 11) is 0.814. The monoisotopic (exact) mass is 321 g/mol. The molecule has 0 aromatic heterocycles. The molecule has 0 radical (unpaired) electrons. The van der Waals surface area contributed by atoms with Gasteiger partial charge in [-0.1, -0.05) is 54.1 Å². The van der Waals surface area contributed by atoms with Crippen molar-refractivity contribution in [1.82, 2.24) is 0 Å². The van der Waals surface area contributed by atoms with Crippen molar-refractivity contribution < 1.29 is 5.11 Å². The van der Waals surface area contributed by atoms with Gasteiger partial charge < -0.3 is 5.11 Å². The SMILES string of the molecule is [O-]C(=PC1CCCCC1)c1c(Cl)cc(Cl)cc1Cl. The van der Waals surface area contributed by atoms with E-state index >= 15 is 0 Å². The summed E-state index contributed by atoms with van der Waals surface area (Å²) in [6, 6.07) is 3.14. The molecule has 0 unspecified atom stereocenters. The molecule has 1 fully saturated rings.